The van der Waals surface area contributed by atoms with Crippen LogP contribution in [-0.4, -0.2) is 60.1 Å². The summed E-state index contributed by atoms with van der Waals surface area (Å²) in [7, 11) is 2.05. The minimum absolute atomic E-state index is 0.0173. The molecule has 1 amide bonds. The standard InChI is InChI=1S/C20H30N2O2/c1-21-14-7-3-6-13-19(21)20(24)22(16-9-17-23)15-8-12-18-10-4-2-5-11-18/h2,4-5,8,10-12,19,23H,3,6-7,9,13-17H2,1H3/b12-8+/t19-/m1/s1. The Morgan fingerprint density at radius 1 is 1.29 bits per heavy atom. The Morgan fingerprint density at radius 2 is 2.08 bits per heavy atom. The molecule has 0 unspecified atom stereocenters. The molecular formula is C20H30N2O2. The van der Waals surface area contributed by atoms with Gasteiger partial charge in [-0.25, -0.2) is 0 Å². The second-order valence-electron chi connectivity index (χ2n) is 6.52. The molecule has 0 saturated carbocycles. The van der Waals surface area contributed by atoms with Crippen molar-refractivity contribution < 1.29 is 9.90 Å². The molecular weight excluding hydrogens is 300 g/mol. The third kappa shape index (κ3) is 5.77. The van der Waals surface area contributed by atoms with Gasteiger partial charge in [0.2, 0.25) is 5.91 Å². The normalized spacial score (nSPS) is 19.3. The van der Waals surface area contributed by atoms with E-state index in [4.69, 9.17) is 5.11 Å². The molecule has 1 fully saturated rings. The van der Waals surface area contributed by atoms with Gasteiger partial charge in [0.1, 0.15) is 0 Å². The lowest BCUT2D eigenvalue weighted by Gasteiger charge is -2.31. The van der Waals surface area contributed by atoms with Gasteiger partial charge in [-0.15, -0.1) is 0 Å². The van der Waals surface area contributed by atoms with E-state index in [0.717, 1.165) is 24.9 Å². The predicted octanol–water partition coefficient (Wildman–Crippen LogP) is 2.79. The lowest BCUT2D eigenvalue weighted by Crippen LogP contribution is -2.47. The number of carbonyl (C=O) groups excluding carboxylic acids is 1. The van der Waals surface area contributed by atoms with Crippen LogP contribution in [0.15, 0.2) is 36.4 Å². The fourth-order valence-electron chi connectivity index (χ4n) is 3.21. The maximum atomic E-state index is 13.0. The van der Waals surface area contributed by atoms with Crippen molar-refractivity contribution >= 4 is 12.0 Å². The molecule has 0 radical (unpaired) electrons. The number of aliphatic hydroxyl groups is 1. The molecule has 2 rings (SSSR count). The van der Waals surface area contributed by atoms with Crippen LogP contribution in [0.3, 0.4) is 0 Å². The molecule has 0 aliphatic carbocycles. The van der Waals surface area contributed by atoms with Crippen LogP contribution in [0.5, 0.6) is 0 Å². The van der Waals surface area contributed by atoms with E-state index in [1.807, 2.05) is 29.2 Å². The number of carbonyl (C=O) groups is 1. The van der Waals surface area contributed by atoms with Crippen LogP contribution in [0.4, 0.5) is 0 Å². The molecule has 4 heteroatoms. The summed E-state index contributed by atoms with van der Waals surface area (Å²) < 4.78 is 0. The Morgan fingerprint density at radius 3 is 2.83 bits per heavy atom. The first-order valence-corrected chi connectivity index (χ1v) is 9.04. The van der Waals surface area contributed by atoms with Crippen molar-refractivity contribution in [2.24, 2.45) is 0 Å². The van der Waals surface area contributed by atoms with Crippen molar-refractivity contribution in [3.8, 4) is 0 Å². The fraction of sp³-hybridized carbons (Fsp3) is 0.550. The van der Waals surface area contributed by atoms with Crippen LogP contribution in [0.25, 0.3) is 6.08 Å². The molecule has 4 nitrogen and oxygen atoms in total. The second-order valence-corrected chi connectivity index (χ2v) is 6.52. The zero-order valence-electron chi connectivity index (χ0n) is 14.7. The van der Waals surface area contributed by atoms with Crippen molar-refractivity contribution in [2.45, 2.75) is 38.1 Å². The van der Waals surface area contributed by atoms with Crippen LogP contribution in [0.1, 0.15) is 37.7 Å². The number of rotatable bonds is 7. The van der Waals surface area contributed by atoms with Gasteiger partial charge in [-0.2, -0.15) is 0 Å². The number of benzene rings is 1. The Bertz CT molecular complexity index is 516. The molecule has 0 bridgehead atoms. The molecule has 1 aliphatic rings. The molecule has 1 aromatic rings. The SMILES string of the molecule is CN1CCCCC[C@@H]1C(=O)N(C/C=C/c1ccccc1)CCCO. The Hall–Kier alpha value is -1.65. The topological polar surface area (TPSA) is 43.8 Å². The summed E-state index contributed by atoms with van der Waals surface area (Å²) in [5, 5.41) is 9.14. The molecule has 1 aromatic carbocycles. The average molecular weight is 330 g/mol. The highest BCUT2D eigenvalue weighted by Gasteiger charge is 2.28. The quantitative estimate of drug-likeness (QED) is 0.836. The number of hydrogen-bond acceptors (Lipinski definition) is 3. The fourth-order valence-corrected chi connectivity index (χ4v) is 3.21. The van der Waals surface area contributed by atoms with E-state index in [2.05, 4.69) is 30.2 Å². The van der Waals surface area contributed by atoms with Crippen molar-refractivity contribution in [3.63, 3.8) is 0 Å². The number of likely N-dealkylation sites (tertiary alicyclic amines) is 1. The van der Waals surface area contributed by atoms with E-state index in [9.17, 15) is 4.79 Å². The number of aliphatic hydroxyl groups excluding tert-OH is 1. The van der Waals surface area contributed by atoms with Crippen LogP contribution in [-0.2, 0) is 4.79 Å². The first kappa shape index (κ1) is 18.7. The van der Waals surface area contributed by atoms with Gasteiger partial charge in [0.15, 0.2) is 0 Å². The van der Waals surface area contributed by atoms with Crippen molar-refractivity contribution in [3.05, 3.63) is 42.0 Å². The monoisotopic (exact) mass is 330 g/mol. The lowest BCUT2D eigenvalue weighted by atomic mass is 10.1. The van der Waals surface area contributed by atoms with Crippen LogP contribution in [0, 0.1) is 0 Å². The van der Waals surface area contributed by atoms with Gasteiger partial charge in [-0.05, 0) is 38.4 Å². The predicted molar refractivity (Wildman–Crippen MR) is 98.6 cm³/mol. The summed E-state index contributed by atoms with van der Waals surface area (Å²) in [5.74, 6) is 0.200. The Balaban J connectivity index is 2.00. The first-order valence-electron chi connectivity index (χ1n) is 9.04. The summed E-state index contributed by atoms with van der Waals surface area (Å²) in [6.07, 6.45) is 9.16. The lowest BCUT2D eigenvalue weighted by molar-refractivity contribution is -0.136. The maximum absolute atomic E-state index is 13.0. The van der Waals surface area contributed by atoms with Crippen molar-refractivity contribution in [1.29, 1.82) is 0 Å². The van der Waals surface area contributed by atoms with Crippen molar-refractivity contribution in [1.82, 2.24) is 9.80 Å². The van der Waals surface area contributed by atoms with Crippen LogP contribution in [0.2, 0.25) is 0 Å². The van der Waals surface area contributed by atoms with E-state index in [1.165, 1.54) is 12.8 Å². The van der Waals surface area contributed by atoms with Gasteiger partial charge >= 0.3 is 0 Å². The summed E-state index contributed by atoms with van der Waals surface area (Å²) in [5.41, 5.74) is 1.14. The van der Waals surface area contributed by atoms with E-state index >= 15 is 0 Å². The van der Waals surface area contributed by atoms with E-state index in [0.29, 0.717) is 19.5 Å². The zero-order chi connectivity index (χ0) is 17.2. The molecule has 1 saturated heterocycles. The molecule has 1 aliphatic heterocycles. The number of likely N-dealkylation sites (N-methyl/N-ethyl adjacent to an activating group) is 1. The summed E-state index contributed by atoms with van der Waals surface area (Å²) in [6, 6.07) is 10.1. The Labute approximate surface area is 145 Å². The average Bonchev–Trinajstić information content (AvgIpc) is 2.82. The van der Waals surface area contributed by atoms with Gasteiger partial charge in [0.25, 0.3) is 0 Å². The summed E-state index contributed by atoms with van der Waals surface area (Å²) >= 11 is 0. The molecule has 24 heavy (non-hydrogen) atoms. The molecule has 0 spiro atoms. The highest BCUT2D eigenvalue weighted by Crippen LogP contribution is 2.17. The van der Waals surface area contributed by atoms with Gasteiger partial charge in [-0.1, -0.05) is 55.3 Å². The Kier molecular flexibility index (Phi) is 7.99. The van der Waals surface area contributed by atoms with E-state index in [1.54, 1.807) is 0 Å². The zero-order valence-corrected chi connectivity index (χ0v) is 14.7. The highest BCUT2D eigenvalue weighted by molar-refractivity contribution is 5.82. The molecule has 1 N–H and O–H groups in total. The van der Waals surface area contributed by atoms with E-state index in [-0.39, 0.29) is 18.6 Å². The third-order valence-electron chi connectivity index (χ3n) is 4.64. The molecule has 1 heterocycles. The minimum Gasteiger partial charge on any atom is -0.396 e. The maximum Gasteiger partial charge on any atom is 0.240 e. The summed E-state index contributed by atoms with van der Waals surface area (Å²) in [4.78, 5) is 17.1. The van der Waals surface area contributed by atoms with Crippen LogP contribution >= 0.6 is 0 Å². The summed E-state index contributed by atoms with van der Waals surface area (Å²) in [6.45, 7) is 2.31. The van der Waals surface area contributed by atoms with Crippen LogP contribution < -0.4 is 0 Å². The molecule has 0 aromatic heterocycles. The number of hydrogen-bond donors (Lipinski definition) is 1. The first-order chi connectivity index (χ1) is 11.7. The van der Waals surface area contributed by atoms with Crippen molar-refractivity contribution in [2.75, 3.05) is 33.3 Å². The second kappa shape index (κ2) is 10.3. The minimum atomic E-state index is -0.0173. The van der Waals surface area contributed by atoms with Gasteiger partial charge in [-0.3, -0.25) is 9.69 Å². The molecule has 1 atom stereocenters. The molecule has 132 valence electrons. The largest absolute Gasteiger partial charge is 0.396 e. The van der Waals surface area contributed by atoms with Gasteiger partial charge in [0, 0.05) is 19.7 Å². The van der Waals surface area contributed by atoms with Gasteiger partial charge < -0.3 is 10.0 Å². The number of amides is 1. The smallest absolute Gasteiger partial charge is 0.240 e. The highest BCUT2D eigenvalue weighted by atomic mass is 16.3. The number of nitrogens with zero attached hydrogens (tertiary/aromatic N) is 2. The third-order valence-corrected chi connectivity index (χ3v) is 4.64. The van der Waals surface area contributed by atoms with Gasteiger partial charge in [0.05, 0.1) is 6.04 Å². The van der Waals surface area contributed by atoms with E-state index < -0.39 is 0 Å².